The maximum Gasteiger partial charge on any atom is 0.401 e. The minimum Gasteiger partial charge on any atom is -0.496 e. The summed E-state index contributed by atoms with van der Waals surface area (Å²) >= 11 is 4.67. The van der Waals surface area contributed by atoms with Crippen molar-refractivity contribution in [2.45, 2.75) is 11.8 Å². The van der Waals surface area contributed by atoms with Crippen molar-refractivity contribution in [3.05, 3.63) is 30.0 Å². The number of alkyl halides is 3. The van der Waals surface area contributed by atoms with Gasteiger partial charge in [0.1, 0.15) is 11.4 Å². The van der Waals surface area contributed by atoms with E-state index in [2.05, 4.69) is 21.9 Å². The molecule has 0 atom stereocenters. The van der Waals surface area contributed by atoms with E-state index >= 15 is 0 Å². The molecule has 0 saturated heterocycles. The van der Waals surface area contributed by atoms with Crippen molar-refractivity contribution in [1.29, 1.82) is 0 Å². The minimum atomic E-state index is -4.31. The van der Waals surface area contributed by atoms with Gasteiger partial charge in [-0.15, -0.1) is 0 Å². The maximum atomic E-state index is 13.1. The highest BCUT2D eigenvalue weighted by molar-refractivity contribution is 6.32. The number of nitrogens with one attached hydrogen (secondary N) is 3. The second kappa shape index (κ2) is 9.39. The van der Waals surface area contributed by atoms with Crippen molar-refractivity contribution >= 4 is 46.1 Å². The smallest absolute Gasteiger partial charge is 0.401 e. The third kappa shape index (κ3) is 5.80. The monoisotopic (exact) mass is 445 g/mol. The molecule has 0 unspecified atom stereocenters. The number of benzene rings is 1. The summed E-state index contributed by atoms with van der Waals surface area (Å²) < 4.78 is 31.3. The molecule has 0 radical (unpaired) electrons. The first-order chi connectivity index (χ1) is 14.0. The van der Waals surface area contributed by atoms with Gasteiger partial charge in [0.2, 0.25) is 5.91 Å². The van der Waals surface area contributed by atoms with E-state index in [0.717, 1.165) is 0 Å². The number of rotatable bonds is 8. The summed E-state index contributed by atoms with van der Waals surface area (Å²) in [6.07, 6.45) is -0.498. The SMILES string of the molecule is COc1cccc2[nH]c(C(=O)NCC(=O)NN(CCC(N)=O)C(=O)C(F)(F)Cl)cc12. The molecule has 162 valence electrons. The van der Waals surface area contributed by atoms with Crippen LogP contribution in [-0.4, -0.2) is 59.2 Å². The molecule has 13 heteroatoms. The lowest BCUT2D eigenvalue weighted by Crippen LogP contribution is -2.54. The summed E-state index contributed by atoms with van der Waals surface area (Å²) in [6, 6.07) is 6.65. The third-order valence-electron chi connectivity index (χ3n) is 3.83. The number of ether oxygens (including phenoxy) is 1. The molecular formula is C17H18ClF2N5O5. The van der Waals surface area contributed by atoms with Crippen LogP contribution >= 0.6 is 11.6 Å². The number of hydrogen-bond donors (Lipinski definition) is 4. The number of methoxy groups -OCH3 is 1. The molecule has 4 amide bonds. The maximum absolute atomic E-state index is 13.1. The second-order valence-electron chi connectivity index (χ2n) is 5.99. The van der Waals surface area contributed by atoms with E-state index in [1.807, 2.05) is 5.43 Å². The Morgan fingerprint density at radius 1 is 1.30 bits per heavy atom. The highest BCUT2D eigenvalue weighted by Crippen LogP contribution is 2.26. The predicted molar refractivity (Wildman–Crippen MR) is 102 cm³/mol. The Hall–Kier alpha value is -3.41. The standard InChI is InChI=1S/C17H18ClF2N5O5/c1-30-12-4-2-3-10-9(12)7-11(23-10)15(28)22-8-14(27)24-25(6-5-13(21)26)16(29)17(18,19)20/h2-4,7,23H,5-6,8H2,1H3,(H2,21,26)(H,22,28)(H,24,27). The zero-order valence-electron chi connectivity index (χ0n) is 15.6. The number of carbonyl (C=O) groups excluding carboxylic acids is 4. The Morgan fingerprint density at radius 2 is 2.00 bits per heavy atom. The van der Waals surface area contributed by atoms with E-state index in [4.69, 9.17) is 10.5 Å². The van der Waals surface area contributed by atoms with Crippen molar-refractivity contribution in [3.63, 3.8) is 0 Å². The van der Waals surface area contributed by atoms with Crippen LogP contribution in [0.2, 0.25) is 0 Å². The first-order valence-corrected chi connectivity index (χ1v) is 8.81. The van der Waals surface area contributed by atoms with E-state index in [0.29, 0.717) is 16.7 Å². The number of primary amides is 1. The lowest BCUT2D eigenvalue weighted by Gasteiger charge is -2.24. The van der Waals surface area contributed by atoms with Crippen molar-refractivity contribution in [1.82, 2.24) is 20.7 Å². The van der Waals surface area contributed by atoms with Crippen molar-refractivity contribution in [2.24, 2.45) is 5.73 Å². The summed E-state index contributed by atoms with van der Waals surface area (Å²) in [5.41, 5.74) is 7.52. The number of nitrogens with two attached hydrogens (primary N) is 1. The summed E-state index contributed by atoms with van der Waals surface area (Å²) in [5, 5.41) is -1.23. The fourth-order valence-corrected chi connectivity index (χ4v) is 2.56. The molecule has 0 saturated carbocycles. The normalized spacial score (nSPS) is 11.1. The average Bonchev–Trinajstić information content (AvgIpc) is 3.12. The van der Waals surface area contributed by atoms with E-state index in [-0.39, 0.29) is 10.7 Å². The van der Waals surface area contributed by atoms with Gasteiger partial charge in [0, 0.05) is 17.3 Å². The predicted octanol–water partition coefficient (Wildman–Crippen LogP) is 0.473. The number of halogens is 3. The van der Waals surface area contributed by atoms with Gasteiger partial charge < -0.3 is 20.8 Å². The quantitative estimate of drug-likeness (QED) is 0.344. The van der Waals surface area contributed by atoms with Gasteiger partial charge in [-0.2, -0.15) is 8.78 Å². The molecule has 1 heterocycles. The number of fused-ring (bicyclic) bond motifs is 1. The number of aromatic amines is 1. The topological polar surface area (TPSA) is 147 Å². The van der Waals surface area contributed by atoms with Gasteiger partial charge in [0.05, 0.1) is 20.2 Å². The van der Waals surface area contributed by atoms with Gasteiger partial charge in [-0.05, 0) is 29.8 Å². The number of nitrogens with zero attached hydrogens (tertiary/aromatic N) is 1. The van der Waals surface area contributed by atoms with Crippen LogP contribution in [0.3, 0.4) is 0 Å². The van der Waals surface area contributed by atoms with E-state index in [1.54, 1.807) is 18.2 Å². The van der Waals surface area contributed by atoms with Crippen LogP contribution in [0, 0.1) is 0 Å². The molecule has 1 aromatic carbocycles. The zero-order valence-corrected chi connectivity index (χ0v) is 16.4. The second-order valence-corrected chi connectivity index (χ2v) is 6.47. The number of H-pyrrole nitrogens is 1. The lowest BCUT2D eigenvalue weighted by molar-refractivity contribution is -0.154. The third-order valence-corrected chi connectivity index (χ3v) is 3.99. The number of carbonyl (C=O) groups is 4. The molecule has 0 bridgehead atoms. The Kier molecular flexibility index (Phi) is 7.16. The molecule has 2 rings (SSSR count). The fraction of sp³-hybridized carbons (Fsp3) is 0.294. The molecule has 30 heavy (non-hydrogen) atoms. The van der Waals surface area contributed by atoms with Crippen LogP contribution in [0.5, 0.6) is 5.75 Å². The number of hydrogen-bond acceptors (Lipinski definition) is 5. The summed E-state index contributed by atoms with van der Waals surface area (Å²) in [4.78, 5) is 49.5. The van der Waals surface area contributed by atoms with Crippen LogP contribution < -0.4 is 21.2 Å². The van der Waals surface area contributed by atoms with E-state index < -0.39 is 48.5 Å². The van der Waals surface area contributed by atoms with Crippen LogP contribution in [0.1, 0.15) is 16.9 Å². The van der Waals surface area contributed by atoms with Crippen LogP contribution in [0.25, 0.3) is 10.9 Å². The molecule has 2 aromatic rings. The Bertz CT molecular complexity index is 975. The van der Waals surface area contributed by atoms with Crippen LogP contribution in [0.4, 0.5) is 8.78 Å². The average molecular weight is 446 g/mol. The number of hydrazine groups is 1. The van der Waals surface area contributed by atoms with Gasteiger partial charge >= 0.3 is 11.3 Å². The Labute approximate surface area is 173 Å². The zero-order chi connectivity index (χ0) is 22.5. The fourth-order valence-electron chi connectivity index (χ4n) is 2.46. The molecule has 0 aliphatic heterocycles. The van der Waals surface area contributed by atoms with Gasteiger partial charge in [-0.3, -0.25) is 24.6 Å². The van der Waals surface area contributed by atoms with Crippen molar-refractivity contribution in [3.8, 4) is 5.75 Å². The first kappa shape index (κ1) is 22.9. The molecule has 0 spiro atoms. The molecule has 0 fully saturated rings. The van der Waals surface area contributed by atoms with Crippen LogP contribution in [0.15, 0.2) is 24.3 Å². The van der Waals surface area contributed by atoms with Crippen molar-refractivity contribution in [2.75, 3.05) is 20.2 Å². The largest absolute Gasteiger partial charge is 0.496 e. The van der Waals surface area contributed by atoms with Crippen molar-refractivity contribution < 1.29 is 32.7 Å². The molecule has 5 N–H and O–H groups in total. The first-order valence-electron chi connectivity index (χ1n) is 8.43. The summed E-state index contributed by atoms with van der Waals surface area (Å²) in [7, 11) is 1.47. The minimum absolute atomic E-state index is 0.122. The van der Waals surface area contributed by atoms with Gasteiger partial charge in [-0.1, -0.05) is 6.07 Å². The Balaban J connectivity index is 2.01. The van der Waals surface area contributed by atoms with Gasteiger partial charge in [0.25, 0.3) is 11.8 Å². The Morgan fingerprint density at radius 3 is 2.60 bits per heavy atom. The summed E-state index contributed by atoms with van der Waals surface area (Å²) in [5.74, 6) is -3.97. The highest BCUT2D eigenvalue weighted by atomic mass is 35.5. The van der Waals surface area contributed by atoms with Gasteiger partial charge in [-0.25, -0.2) is 5.01 Å². The molecule has 0 aliphatic rings. The molecule has 0 aliphatic carbocycles. The molecule has 1 aromatic heterocycles. The van der Waals surface area contributed by atoms with E-state index in [1.165, 1.54) is 13.2 Å². The van der Waals surface area contributed by atoms with Crippen LogP contribution in [-0.2, 0) is 14.4 Å². The van der Waals surface area contributed by atoms with Gasteiger partial charge in [0.15, 0.2) is 0 Å². The number of aromatic nitrogens is 1. The highest BCUT2D eigenvalue weighted by Gasteiger charge is 2.40. The van der Waals surface area contributed by atoms with E-state index in [9.17, 15) is 28.0 Å². The molecule has 10 nitrogen and oxygen atoms in total. The summed E-state index contributed by atoms with van der Waals surface area (Å²) in [6.45, 7) is -1.28. The molecular weight excluding hydrogens is 428 g/mol. The lowest BCUT2D eigenvalue weighted by atomic mass is 10.2. The number of amides is 4.